The van der Waals surface area contributed by atoms with Crippen molar-refractivity contribution in [2.24, 2.45) is 4.99 Å². The van der Waals surface area contributed by atoms with E-state index in [0.717, 1.165) is 33.2 Å². The van der Waals surface area contributed by atoms with Crippen LogP contribution in [0.4, 0.5) is 5.69 Å². The van der Waals surface area contributed by atoms with Crippen molar-refractivity contribution in [3.63, 3.8) is 0 Å². The van der Waals surface area contributed by atoms with Crippen LogP contribution in [0.2, 0.25) is 5.02 Å². The summed E-state index contributed by atoms with van der Waals surface area (Å²) in [6.07, 6.45) is 0.293. The molecule has 2 aromatic carbocycles. The van der Waals surface area contributed by atoms with Crippen LogP contribution in [-0.2, 0) is 9.47 Å². The second-order valence-corrected chi connectivity index (χ2v) is 7.47. The van der Waals surface area contributed by atoms with Gasteiger partial charge in [-0.3, -0.25) is 9.79 Å². The highest BCUT2D eigenvalue weighted by molar-refractivity contribution is 7.99. The lowest BCUT2D eigenvalue weighted by molar-refractivity contribution is -0.0974. The molecule has 1 amide bonds. The van der Waals surface area contributed by atoms with E-state index in [1.165, 1.54) is 14.2 Å². The summed E-state index contributed by atoms with van der Waals surface area (Å²) in [5.74, 6) is -0.194. The third-order valence-corrected chi connectivity index (χ3v) is 5.62. The summed E-state index contributed by atoms with van der Waals surface area (Å²) < 4.78 is 10.2. The Morgan fingerprint density at radius 3 is 2.63 bits per heavy atom. The highest BCUT2D eigenvalue weighted by atomic mass is 35.5. The van der Waals surface area contributed by atoms with Gasteiger partial charge in [0.1, 0.15) is 0 Å². The summed E-state index contributed by atoms with van der Waals surface area (Å²) in [6.45, 7) is 2.33. The zero-order valence-electron chi connectivity index (χ0n) is 15.4. The maximum Gasteiger partial charge on any atom is 0.251 e. The molecule has 0 unspecified atom stereocenters. The molecule has 0 aliphatic carbocycles. The summed E-state index contributed by atoms with van der Waals surface area (Å²) in [5, 5.41) is 3.50. The Morgan fingerprint density at radius 2 is 1.93 bits per heavy atom. The molecule has 0 spiro atoms. The fraction of sp³-hybridized carbons (Fsp3) is 0.300. The van der Waals surface area contributed by atoms with Crippen LogP contribution in [0, 0.1) is 0 Å². The van der Waals surface area contributed by atoms with Crippen LogP contribution in [0.1, 0.15) is 29.3 Å². The first-order valence-electron chi connectivity index (χ1n) is 8.58. The van der Waals surface area contributed by atoms with E-state index in [-0.39, 0.29) is 12.5 Å². The largest absolute Gasteiger partial charge is 0.354 e. The number of carbonyl (C=O) groups is 1. The smallest absolute Gasteiger partial charge is 0.251 e. The molecule has 27 heavy (non-hydrogen) atoms. The highest BCUT2D eigenvalue weighted by Crippen LogP contribution is 2.41. The van der Waals surface area contributed by atoms with Gasteiger partial charge in [0, 0.05) is 45.9 Å². The van der Waals surface area contributed by atoms with Gasteiger partial charge in [0.2, 0.25) is 0 Å². The number of methoxy groups -OCH3 is 2. The highest BCUT2D eigenvalue weighted by Gasteiger charge is 2.19. The minimum absolute atomic E-state index is 0.194. The number of aliphatic imine (C=N–C) groups is 1. The van der Waals surface area contributed by atoms with Gasteiger partial charge in [-0.2, -0.15) is 0 Å². The molecular weight excluding hydrogens is 384 g/mol. The fourth-order valence-corrected chi connectivity index (χ4v) is 3.96. The first-order valence-corrected chi connectivity index (χ1v) is 9.78. The average molecular weight is 405 g/mol. The molecule has 1 aliphatic heterocycles. The number of hydrogen-bond donors (Lipinski definition) is 1. The third-order valence-electron chi connectivity index (χ3n) is 4.24. The zero-order chi connectivity index (χ0) is 19.4. The van der Waals surface area contributed by atoms with Crippen molar-refractivity contribution in [2.75, 3.05) is 20.8 Å². The molecule has 1 heterocycles. The van der Waals surface area contributed by atoms with Gasteiger partial charge < -0.3 is 14.8 Å². The van der Waals surface area contributed by atoms with Crippen LogP contribution in [0.25, 0.3) is 0 Å². The van der Waals surface area contributed by atoms with Crippen molar-refractivity contribution < 1.29 is 14.3 Å². The van der Waals surface area contributed by atoms with Gasteiger partial charge in [0.05, 0.1) is 12.2 Å². The van der Waals surface area contributed by atoms with E-state index in [1.54, 1.807) is 17.8 Å². The number of nitrogens with zero attached hydrogens (tertiary/aromatic N) is 1. The maximum atomic E-state index is 12.5. The van der Waals surface area contributed by atoms with E-state index in [9.17, 15) is 4.79 Å². The summed E-state index contributed by atoms with van der Waals surface area (Å²) in [6, 6.07) is 11.4. The Morgan fingerprint density at radius 1 is 1.19 bits per heavy atom. The number of rotatable bonds is 6. The van der Waals surface area contributed by atoms with Gasteiger partial charge in [0.25, 0.3) is 5.91 Å². The minimum Gasteiger partial charge on any atom is -0.354 e. The second kappa shape index (κ2) is 8.89. The Hall–Kier alpha value is -1.86. The van der Waals surface area contributed by atoms with Crippen molar-refractivity contribution in [3.05, 3.63) is 52.5 Å². The Balaban J connectivity index is 1.90. The Labute approximate surface area is 168 Å². The molecule has 0 saturated heterocycles. The van der Waals surface area contributed by atoms with Crippen LogP contribution in [0.3, 0.4) is 0 Å². The van der Waals surface area contributed by atoms with Gasteiger partial charge >= 0.3 is 0 Å². The van der Waals surface area contributed by atoms with Crippen LogP contribution in [-0.4, -0.2) is 38.7 Å². The molecule has 0 aromatic heterocycles. The van der Waals surface area contributed by atoms with Crippen molar-refractivity contribution in [2.45, 2.75) is 29.4 Å². The number of amides is 1. The molecular formula is C20H21ClN2O3S. The van der Waals surface area contributed by atoms with Crippen LogP contribution >= 0.6 is 23.4 Å². The molecule has 0 atom stereocenters. The number of fused-ring (bicyclic) bond motifs is 2. The fourth-order valence-electron chi connectivity index (χ4n) is 2.78. The normalized spacial score (nSPS) is 12.9. The van der Waals surface area contributed by atoms with E-state index < -0.39 is 6.29 Å². The molecule has 142 valence electrons. The number of halogens is 1. The molecule has 3 rings (SSSR count). The number of carbonyl (C=O) groups excluding carboxylic acids is 1. The zero-order valence-corrected chi connectivity index (χ0v) is 17.0. The summed E-state index contributed by atoms with van der Waals surface area (Å²) in [4.78, 5) is 19.4. The van der Waals surface area contributed by atoms with E-state index in [1.807, 2.05) is 30.3 Å². The van der Waals surface area contributed by atoms with Crippen molar-refractivity contribution in [3.8, 4) is 0 Å². The molecule has 0 saturated carbocycles. The van der Waals surface area contributed by atoms with Crippen LogP contribution < -0.4 is 5.32 Å². The SMILES string of the molecule is CCC1=Nc2cc(C(=O)NCC(OC)OC)ccc2Sc2ccc(Cl)cc21. The molecule has 0 bridgehead atoms. The van der Waals surface area contributed by atoms with E-state index >= 15 is 0 Å². The summed E-state index contributed by atoms with van der Waals surface area (Å²) in [5.41, 5.74) is 3.32. The quantitative estimate of drug-likeness (QED) is 0.710. The van der Waals surface area contributed by atoms with Crippen LogP contribution in [0.5, 0.6) is 0 Å². The molecule has 0 radical (unpaired) electrons. The number of benzene rings is 2. The van der Waals surface area contributed by atoms with Gasteiger partial charge in [-0.05, 0) is 42.8 Å². The molecule has 5 nitrogen and oxygen atoms in total. The Kier molecular flexibility index (Phi) is 6.55. The molecule has 1 aliphatic rings. The maximum absolute atomic E-state index is 12.5. The average Bonchev–Trinajstić information content (AvgIpc) is 2.84. The number of hydrogen-bond acceptors (Lipinski definition) is 5. The third kappa shape index (κ3) is 4.52. The molecule has 2 aromatic rings. The number of nitrogens with one attached hydrogen (secondary N) is 1. The predicted octanol–water partition coefficient (Wildman–Crippen LogP) is 4.68. The van der Waals surface area contributed by atoms with Gasteiger partial charge in [-0.25, -0.2) is 0 Å². The molecule has 0 fully saturated rings. The Bertz CT molecular complexity index is 882. The lowest BCUT2D eigenvalue weighted by Crippen LogP contribution is -2.34. The van der Waals surface area contributed by atoms with Crippen LogP contribution in [0.15, 0.2) is 51.2 Å². The molecule has 7 heteroatoms. The predicted molar refractivity (Wildman–Crippen MR) is 109 cm³/mol. The first-order chi connectivity index (χ1) is 13.0. The van der Waals surface area contributed by atoms with E-state index in [0.29, 0.717) is 10.6 Å². The topological polar surface area (TPSA) is 59.9 Å². The minimum atomic E-state index is -0.478. The van der Waals surface area contributed by atoms with Crippen molar-refractivity contribution in [1.82, 2.24) is 5.32 Å². The van der Waals surface area contributed by atoms with E-state index in [4.69, 9.17) is 26.1 Å². The van der Waals surface area contributed by atoms with Gasteiger partial charge in [-0.15, -0.1) is 0 Å². The lowest BCUT2D eigenvalue weighted by atomic mass is 10.1. The first kappa shape index (κ1) is 19.9. The monoisotopic (exact) mass is 404 g/mol. The van der Waals surface area contributed by atoms with Crippen molar-refractivity contribution in [1.29, 1.82) is 0 Å². The van der Waals surface area contributed by atoms with Gasteiger partial charge in [0.15, 0.2) is 6.29 Å². The van der Waals surface area contributed by atoms with Gasteiger partial charge in [-0.1, -0.05) is 30.3 Å². The number of ether oxygens (including phenoxy) is 2. The standard InChI is InChI=1S/C20H21ClN2O3S/c1-4-15-14-10-13(21)6-8-17(14)27-18-7-5-12(9-16(18)23-15)20(24)22-11-19(25-2)26-3/h5-10,19H,4,11H2,1-3H3,(H,22,24). The summed E-state index contributed by atoms with van der Waals surface area (Å²) >= 11 is 7.81. The lowest BCUT2D eigenvalue weighted by Gasteiger charge is -2.14. The van der Waals surface area contributed by atoms with E-state index in [2.05, 4.69) is 12.2 Å². The molecule has 1 N–H and O–H groups in total. The van der Waals surface area contributed by atoms with Crippen molar-refractivity contribution >= 4 is 40.7 Å². The summed E-state index contributed by atoms with van der Waals surface area (Å²) in [7, 11) is 3.07. The second-order valence-electron chi connectivity index (χ2n) is 5.95.